The van der Waals surface area contributed by atoms with Crippen molar-refractivity contribution in [2.75, 3.05) is 11.9 Å². The van der Waals surface area contributed by atoms with Crippen molar-refractivity contribution in [3.63, 3.8) is 0 Å². The fraction of sp³-hybridized carbons (Fsp3) is 0.538. The van der Waals surface area contributed by atoms with Crippen molar-refractivity contribution in [1.82, 2.24) is 5.32 Å². The molecule has 0 aromatic heterocycles. The molecular weight excluding hydrogens is 241 g/mol. The Morgan fingerprint density at radius 3 is 2.56 bits per heavy atom. The molecule has 0 spiro atoms. The molecular formula is C13H17F3N2. The number of benzene rings is 1. The average molecular weight is 258 g/mol. The molecule has 2 rings (SSSR count). The minimum absolute atomic E-state index is 0.0739. The molecule has 2 nitrogen and oxygen atoms in total. The highest BCUT2D eigenvalue weighted by atomic mass is 19.2. The lowest BCUT2D eigenvalue weighted by molar-refractivity contribution is 0.447. The molecule has 1 aromatic rings. The zero-order valence-corrected chi connectivity index (χ0v) is 10.3. The smallest absolute Gasteiger partial charge is 0.194 e. The maximum atomic E-state index is 13.0. The van der Waals surface area contributed by atoms with Gasteiger partial charge < -0.3 is 10.6 Å². The highest BCUT2D eigenvalue weighted by Crippen LogP contribution is 2.19. The fourth-order valence-corrected chi connectivity index (χ4v) is 2.37. The Bertz CT molecular complexity index is 394. The lowest BCUT2D eigenvalue weighted by Crippen LogP contribution is -2.29. The summed E-state index contributed by atoms with van der Waals surface area (Å²) in [6.07, 6.45) is 3.16. The molecule has 1 aliphatic rings. The Hall–Kier alpha value is -1.23. The molecule has 18 heavy (non-hydrogen) atoms. The lowest BCUT2D eigenvalue weighted by Gasteiger charge is -2.19. The maximum absolute atomic E-state index is 13.0. The van der Waals surface area contributed by atoms with Crippen LogP contribution in [0.2, 0.25) is 0 Å². The summed E-state index contributed by atoms with van der Waals surface area (Å²) in [7, 11) is 0. The number of anilines is 1. The predicted octanol–water partition coefficient (Wildman–Crippen LogP) is 3.05. The van der Waals surface area contributed by atoms with Gasteiger partial charge in [0.15, 0.2) is 17.5 Å². The second-order valence-electron chi connectivity index (χ2n) is 4.83. The van der Waals surface area contributed by atoms with Crippen LogP contribution in [0.15, 0.2) is 12.1 Å². The normalized spacial score (nSPS) is 21.0. The topological polar surface area (TPSA) is 24.1 Å². The molecule has 100 valence electrons. The molecule has 5 heteroatoms. The van der Waals surface area contributed by atoms with Gasteiger partial charge in [0.2, 0.25) is 0 Å². The first-order valence-electron chi connectivity index (χ1n) is 6.20. The average Bonchev–Trinajstić information content (AvgIpc) is 2.78. The van der Waals surface area contributed by atoms with Crippen molar-refractivity contribution in [3.8, 4) is 0 Å². The lowest BCUT2D eigenvalue weighted by atomic mass is 10.1. The molecule has 1 heterocycles. The van der Waals surface area contributed by atoms with Gasteiger partial charge in [0.05, 0.1) is 0 Å². The SMILES string of the molecule is CC(CC1CCCN1)Nc1cc(F)c(F)c(F)c1. The first kappa shape index (κ1) is 13.2. The second kappa shape index (κ2) is 5.61. The highest BCUT2D eigenvalue weighted by Gasteiger charge is 2.18. The quantitative estimate of drug-likeness (QED) is 0.811. The number of nitrogens with one attached hydrogen (secondary N) is 2. The molecule has 1 aromatic carbocycles. The third-order valence-electron chi connectivity index (χ3n) is 3.20. The Morgan fingerprint density at radius 2 is 2.00 bits per heavy atom. The van der Waals surface area contributed by atoms with Gasteiger partial charge in [0.1, 0.15) is 0 Å². The van der Waals surface area contributed by atoms with Crippen LogP contribution in [0.1, 0.15) is 26.2 Å². The summed E-state index contributed by atoms with van der Waals surface area (Å²) in [4.78, 5) is 0. The molecule has 0 saturated carbocycles. The van der Waals surface area contributed by atoms with Crippen LogP contribution in [0, 0.1) is 17.5 Å². The molecule has 0 amide bonds. The minimum Gasteiger partial charge on any atom is -0.382 e. The van der Waals surface area contributed by atoms with E-state index in [2.05, 4.69) is 10.6 Å². The van der Waals surface area contributed by atoms with Crippen LogP contribution in [0.25, 0.3) is 0 Å². The van der Waals surface area contributed by atoms with Crippen molar-refractivity contribution in [2.24, 2.45) is 0 Å². The molecule has 1 saturated heterocycles. The van der Waals surface area contributed by atoms with E-state index in [4.69, 9.17) is 0 Å². The number of rotatable bonds is 4. The van der Waals surface area contributed by atoms with E-state index in [1.165, 1.54) is 0 Å². The van der Waals surface area contributed by atoms with E-state index in [9.17, 15) is 13.2 Å². The zero-order chi connectivity index (χ0) is 13.1. The number of hydrogen-bond donors (Lipinski definition) is 2. The van der Waals surface area contributed by atoms with Gasteiger partial charge in [-0.25, -0.2) is 13.2 Å². The maximum Gasteiger partial charge on any atom is 0.194 e. The van der Waals surface area contributed by atoms with E-state index >= 15 is 0 Å². The van der Waals surface area contributed by atoms with Crippen LogP contribution in [-0.2, 0) is 0 Å². The van der Waals surface area contributed by atoms with E-state index in [1.54, 1.807) is 0 Å². The van der Waals surface area contributed by atoms with Gasteiger partial charge in [0, 0.05) is 29.9 Å². The predicted molar refractivity (Wildman–Crippen MR) is 65.0 cm³/mol. The Labute approximate surface area is 105 Å². The van der Waals surface area contributed by atoms with Gasteiger partial charge in [-0.3, -0.25) is 0 Å². The number of halogens is 3. The van der Waals surface area contributed by atoms with Gasteiger partial charge >= 0.3 is 0 Å². The summed E-state index contributed by atoms with van der Waals surface area (Å²) in [6, 6.07) is 2.49. The highest BCUT2D eigenvalue weighted by molar-refractivity contribution is 5.44. The molecule has 0 radical (unpaired) electrons. The van der Waals surface area contributed by atoms with Crippen molar-refractivity contribution in [3.05, 3.63) is 29.6 Å². The summed E-state index contributed by atoms with van der Waals surface area (Å²) in [5.74, 6) is -3.75. The first-order valence-corrected chi connectivity index (χ1v) is 6.20. The molecule has 0 aliphatic carbocycles. The third-order valence-corrected chi connectivity index (χ3v) is 3.20. The fourth-order valence-electron chi connectivity index (χ4n) is 2.37. The zero-order valence-electron chi connectivity index (χ0n) is 10.3. The van der Waals surface area contributed by atoms with Crippen molar-refractivity contribution in [1.29, 1.82) is 0 Å². The summed E-state index contributed by atoms with van der Waals surface area (Å²) >= 11 is 0. The summed E-state index contributed by atoms with van der Waals surface area (Å²) in [5.41, 5.74) is 0.275. The van der Waals surface area contributed by atoms with E-state index in [1.807, 2.05) is 6.92 Å². The summed E-state index contributed by atoms with van der Waals surface area (Å²) in [5, 5.41) is 6.35. The molecule has 0 bridgehead atoms. The third kappa shape index (κ3) is 3.16. The van der Waals surface area contributed by atoms with Crippen molar-refractivity contribution >= 4 is 5.69 Å². The van der Waals surface area contributed by atoms with Gasteiger partial charge in [-0.15, -0.1) is 0 Å². The van der Waals surface area contributed by atoms with Crippen LogP contribution in [0.5, 0.6) is 0 Å². The second-order valence-corrected chi connectivity index (χ2v) is 4.83. The first-order chi connectivity index (χ1) is 8.56. The largest absolute Gasteiger partial charge is 0.382 e. The summed E-state index contributed by atoms with van der Waals surface area (Å²) in [6.45, 7) is 2.97. The van der Waals surface area contributed by atoms with Crippen LogP contribution in [-0.4, -0.2) is 18.6 Å². The van der Waals surface area contributed by atoms with E-state index in [-0.39, 0.29) is 11.7 Å². The van der Waals surface area contributed by atoms with Crippen molar-refractivity contribution in [2.45, 2.75) is 38.3 Å². The molecule has 2 unspecified atom stereocenters. The van der Waals surface area contributed by atoms with Crippen molar-refractivity contribution < 1.29 is 13.2 Å². The standard InChI is InChI=1S/C13H17F3N2/c1-8(5-9-3-2-4-17-9)18-10-6-11(14)13(16)12(15)7-10/h6-9,17-18H,2-5H2,1H3. The Morgan fingerprint density at radius 1 is 1.33 bits per heavy atom. The van der Waals surface area contributed by atoms with Crippen LogP contribution in [0.4, 0.5) is 18.9 Å². The molecule has 1 fully saturated rings. The van der Waals surface area contributed by atoms with Gasteiger partial charge in [-0.2, -0.15) is 0 Å². The summed E-state index contributed by atoms with van der Waals surface area (Å²) < 4.78 is 38.8. The van der Waals surface area contributed by atoms with E-state index in [0.717, 1.165) is 37.9 Å². The molecule has 1 aliphatic heterocycles. The van der Waals surface area contributed by atoms with Crippen LogP contribution >= 0.6 is 0 Å². The molecule has 2 N–H and O–H groups in total. The van der Waals surface area contributed by atoms with Crippen LogP contribution < -0.4 is 10.6 Å². The Kier molecular flexibility index (Phi) is 4.11. The number of hydrogen-bond acceptors (Lipinski definition) is 2. The van der Waals surface area contributed by atoms with Gasteiger partial charge in [0.25, 0.3) is 0 Å². The van der Waals surface area contributed by atoms with Crippen LogP contribution in [0.3, 0.4) is 0 Å². The van der Waals surface area contributed by atoms with E-state index in [0.29, 0.717) is 6.04 Å². The minimum atomic E-state index is -1.43. The Balaban J connectivity index is 1.95. The van der Waals surface area contributed by atoms with E-state index < -0.39 is 17.5 Å². The van der Waals surface area contributed by atoms with Gasteiger partial charge in [-0.05, 0) is 32.7 Å². The van der Waals surface area contributed by atoms with Gasteiger partial charge in [-0.1, -0.05) is 0 Å². The monoisotopic (exact) mass is 258 g/mol. The molecule has 2 atom stereocenters.